The first-order valence-corrected chi connectivity index (χ1v) is 6.93. The number of aromatic nitrogens is 2. The summed E-state index contributed by atoms with van der Waals surface area (Å²) >= 11 is 0. The van der Waals surface area contributed by atoms with Crippen molar-refractivity contribution in [1.82, 2.24) is 10.2 Å². The van der Waals surface area contributed by atoms with Gasteiger partial charge in [-0.3, -0.25) is 14.7 Å². The van der Waals surface area contributed by atoms with Crippen LogP contribution in [0.1, 0.15) is 24.5 Å². The number of para-hydroxylation sites is 1. The SMILES string of the molecule is CCN1C(=O)C2(CC(=O)Nc3[nH]ncc32)c2ccccc21. The molecule has 2 amide bonds. The molecule has 2 aliphatic rings. The summed E-state index contributed by atoms with van der Waals surface area (Å²) in [6.45, 7) is 2.51. The molecular formula is C15H14N4O2. The molecule has 4 rings (SSSR count). The van der Waals surface area contributed by atoms with Gasteiger partial charge in [-0.1, -0.05) is 18.2 Å². The number of benzene rings is 1. The van der Waals surface area contributed by atoms with E-state index in [1.807, 2.05) is 31.2 Å². The van der Waals surface area contributed by atoms with Crippen LogP contribution in [-0.2, 0) is 15.0 Å². The van der Waals surface area contributed by atoms with E-state index < -0.39 is 5.41 Å². The molecule has 0 saturated heterocycles. The van der Waals surface area contributed by atoms with E-state index in [0.29, 0.717) is 12.4 Å². The summed E-state index contributed by atoms with van der Waals surface area (Å²) in [7, 11) is 0. The molecule has 21 heavy (non-hydrogen) atoms. The highest BCUT2D eigenvalue weighted by Crippen LogP contribution is 2.51. The van der Waals surface area contributed by atoms with Crippen molar-refractivity contribution < 1.29 is 9.59 Å². The van der Waals surface area contributed by atoms with Crippen LogP contribution in [0, 0.1) is 0 Å². The zero-order valence-corrected chi connectivity index (χ0v) is 11.5. The number of likely N-dealkylation sites (N-methyl/N-ethyl adjacent to an activating group) is 1. The maximum Gasteiger partial charge on any atom is 0.242 e. The van der Waals surface area contributed by atoms with Crippen LogP contribution in [0.3, 0.4) is 0 Å². The van der Waals surface area contributed by atoms with Crippen LogP contribution in [0.25, 0.3) is 0 Å². The second kappa shape index (κ2) is 3.94. The Labute approximate surface area is 121 Å². The number of anilines is 2. The molecule has 1 aromatic heterocycles. The number of nitrogens with zero attached hydrogens (tertiary/aromatic N) is 2. The monoisotopic (exact) mass is 282 g/mol. The van der Waals surface area contributed by atoms with Gasteiger partial charge in [0, 0.05) is 24.2 Å². The summed E-state index contributed by atoms with van der Waals surface area (Å²) in [5.74, 6) is 0.295. The van der Waals surface area contributed by atoms with Crippen LogP contribution >= 0.6 is 0 Å². The standard InChI is InChI=1S/C15H14N4O2/c1-2-19-11-6-4-3-5-9(11)15(14(19)21)7-12(20)17-13-10(15)8-16-18-13/h3-6,8H,2,7H2,1H3,(H2,16,17,18,20). The third kappa shape index (κ3) is 1.34. The quantitative estimate of drug-likeness (QED) is 0.830. The molecule has 0 aliphatic carbocycles. The Morgan fingerprint density at radius 3 is 2.90 bits per heavy atom. The van der Waals surface area contributed by atoms with Crippen molar-refractivity contribution in [3.8, 4) is 0 Å². The summed E-state index contributed by atoms with van der Waals surface area (Å²) in [4.78, 5) is 26.9. The largest absolute Gasteiger partial charge is 0.311 e. The van der Waals surface area contributed by atoms with Crippen LogP contribution in [0.2, 0.25) is 0 Å². The number of carbonyl (C=O) groups excluding carboxylic acids is 2. The van der Waals surface area contributed by atoms with Crippen molar-refractivity contribution in [2.45, 2.75) is 18.8 Å². The Bertz CT molecular complexity index is 767. The molecular weight excluding hydrogens is 268 g/mol. The van der Waals surface area contributed by atoms with Crippen molar-refractivity contribution in [2.24, 2.45) is 0 Å². The lowest BCUT2D eigenvalue weighted by Crippen LogP contribution is -2.46. The number of amides is 2. The number of rotatable bonds is 1. The normalized spacial score (nSPS) is 23.2. The van der Waals surface area contributed by atoms with Crippen molar-refractivity contribution in [3.63, 3.8) is 0 Å². The van der Waals surface area contributed by atoms with Crippen molar-refractivity contribution >= 4 is 23.3 Å². The number of fused-ring (bicyclic) bond motifs is 4. The number of H-pyrrole nitrogens is 1. The fourth-order valence-corrected chi connectivity index (χ4v) is 3.49. The summed E-state index contributed by atoms with van der Waals surface area (Å²) in [5, 5.41) is 9.52. The molecule has 1 aromatic carbocycles. The van der Waals surface area contributed by atoms with Crippen molar-refractivity contribution in [2.75, 3.05) is 16.8 Å². The van der Waals surface area contributed by atoms with Gasteiger partial charge in [0.15, 0.2) is 0 Å². The van der Waals surface area contributed by atoms with Gasteiger partial charge in [0.1, 0.15) is 11.2 Å². The minimum absolute atomic E-state index is 0.0521. The van der Waals surface area contributed by atoms with E-state index in [0.717, 1.165) is 16.8 Å². The highest BCUT2D eigenvalue weighted by Gasteiger charge is 2.56. The molecule has 2 aromatic rings. The lowest BCUT2D eigenvalue weighted by molar-refractivity contribution is -0.126. The van der Waals surface area contributed by atoms with E-state index in [1.165, 1.54) is 0 Å². The van der Waals surface area contributed by atoms with Crippen LogP contribution in [0.5, 0.6) is 0 Å². The zero-order chi connectivity index (χ0) is 14.6. The highest BCUT2D eigenvalue weighted by atomic mass is 16.2. The lowest BCUT2D eigenvalue weighted by atomic mass is 9.72. The summed E-state index contributed by atoms with van der Waals surface area (Å²) < 4.78 is 0. The molecule has 1 spiro atoms. The number of hydrogen-bond donors (Lipinski definition) is 2. The Kier molecular flexibility index (Phi) is 2.28. The van der Waals surface area contributed by atoms with Gasteiger partial charge >= 0.3 is 0 Å². The molecule has 6 heteroatoms. The first-order chi connectivity index (χ1) is 10.2. The van der Waals surface area contributed by atoms with Crippen LogP contribution in [0.15, 0.2) is 30.5 Å². The van der Waals surface area contributed by atoms with Crippen molar-refractivity contribution in [1.29, 1.82) is 0 Å². The molecule has 1 unspecified atom stereocenters. The van der Waals surface area contributed by atoms with E-state index in [1.54, 1.807) is 11.1 Å². The second-order valence-corrected chi connectivity index (χ2v) is 5.36. The third-order valence-electron chi connectivity index (χ3n) is 4.37. The lowest BCUT2D eigenvalue weighted by Gasteiger charge is -2.31. The fraction of sp³-hybridized carbons (Fsp3) is 0.267. The summed E-state index contributed by atoms with van der Waals surface area (Å²) in [5.41, 5.74) is 1.56. The number of nitrogens with one attached hydrogen (secondary N) is 2. The van der Waals surface area contributed by atoms with Crippen LogP contribution in [0.4, 0.5) is 11.5 Å². The highest BCUT2D eigenvalue weighted by molar-refractivity contribution is 6.15. The summed E-state index contributed by atoms with van der Waals surface area (Å²) in [6, 6.07) is 7.67. The third-order valence-corrected chi connectivity index (χ3v) is 4.37. The molecule has 1 atom stereocenters. The Morgan fingerprint density at radius 1 is 1.29 bits per heavy atom. The Morgan fingerprint density at radius 2 is 2.10 bits per heavy atom. The average molecular weight is 282 g/mol. The minimum atomic E-state index is -0.947. The molecule has 106 valence electrons. The molecule has 3 heterocycles. The van der Waals surface area contributed by atoms with E-state index >= 15 is 0 Å². The van der Waals surface area contributed by atoms with Gasteiger partial charge in [-0.15, -0.1) is 0 Å². The summed E-state index contributed by atoms with van der Waals surface area (Å²) in [6.07, 6.45) is 1.76. The zero-order valence-electron chi connectivity index (χ0n) is 11.5. The topological polar surface area (TPSA) is 78.1 Å². The van der Waals surface area contributed by atoms with Crippen LogP contribution in [-0.4, -0.2) is 28.6 Å². The second-order valence-electron chi connectivity index (χ2n) is 5.36. The maximum atomic E-state index is 13.1. The van der Waals surface area contributed by atoms with Gasteiger partial charge in [-0.25, -0.2) is 0 Å². The van der Waals surface area contributed by atoms with Gasteiger partial charge in [0.2, 0.25) is 11.8 Å². The molecule has 6 nitrogen and oxygen atoms in total. The van der Waals surface area contributed by atoms with E-state index in [-0.39, 0.29) is 18.2 Å². The smallest absolute Gasteiger partial charge is 0.242 e. The number of aromatic amines is 1. The number of carbonyl (C=O) groups is 2. The van der Waals surface area contributed by atoms with Gasteiger partial charge in [-0.2, -0.15) is 5.10 Å². The molecule has 0 bridgehead atoms. The molecule has 2 aliphatic heterocycles. The minimum Gasteiger partial charge on any atom is -0.311 e. The van der Waals surface area contributed by atoms with Gasteiger partial charge in [0.25, 0.3) is 0 Å². The van der Waals surface area contributed by atoms with E-state index in [2.05, 4.69) is 15.5 Å². The van der Waals surface area contributed by atoms with Gasteiger partial charge in [-0.05, 0) is 18.6 Å². The molecule has 0 fully saturated rings. The number of hydrogen-bond acceptors (Lipinski definition) is 3. The Balaban J connectivity index is 2.05. The predicted molar refractivity (Wildman–Crippen MR) is 77.1 cm³/mol. The fourth-order valence-electron chi connectivity index (χ4n) is 3.49. The maximum absolute atomic E-state index is 13.1. The molecule has 2 N–H and O–H groups in total. The van der Waals surface area contributed by atoms with E-state index in [9.17, 15) is 9.59 Å². The molecule has 0 radical (unpaired) electrons. The van der Waals surface area contributed by atoms with Crippen molar-refractivity contribution in [3.05, 3.63) is 41.6 Å². The average Bonchev–Trinajstić information content (AvgIpc) is 3.03. The van der Waals surface area contributed by atoms with Gasteiger partial charge < -0.3 is 10.2 Å². The van der Waals surface area contributed by atoms with Crippen LogP contribution < -0.4 is 10.2 Å². The molecule has 0 saturated carbocycles. The first kappa shape index (κ1) is 12.1. The van der Waals surface area contributed by atoms with E-state index in [4.69, 9.17) is 0 Å². The van der Waals surface area contributed by atoms with Gasteiger partial charge in [0.05, 0.1) is 6.20 Å². The first-order valence-electron chi connectivity index (χ1n) is 6.93. The Hall–Kier alpha value is -2.63. The predicted octanol–water partition coefficient (Wildman–Crippen LogP) is 1.40.